The van der Waals surface area contributed by atoms with Crippen molar-refractivity contribution < 1.29 is 13.2 Å². The fourth-order valence-corrected chi connectivity index (χ4v) is 5.60. The fraction of sp³-hybridized carbons (Fsp3) is 0.208. The molecule has 4 rings (SSSR count). The summed E-state index contributed by atoms with van der Waals surface area (Å²) in [7, 11) is -3.85. The van der Waals surface area contributed by atoms with E-state index in [1.165, 1.54) is 4.31 Å². The number of anilines is 1. The number of carbonyl (C=O) groups excluding carboxylic acids is 1. The van der Waals surface area contributed by atoms with Gasteiger partial charge < -0.3 is 4.90 Å². The fourth-order valence-electron chi connectivity index (χ4n) is 3.93. The van der Waals surface area contributed by atoms with Crippen molar-refractivity contribution in [1.82, 2.24) is 4.31 Å². The Bertz CT molecular complexity index is 1180. The van der Waals surface area contributed by atoms with Crippen LogP contribution in [0.1, 0.15) is 18.1 Å². The number of nitrogens with zero attached hydrogens (tertiary/aromatic N) is 2. The zero-order chi connectivity index (χ0) is 22.0. The van der Waals surface area contributed by atoms with E-state index in [0.717, 1.165) is 27.7 Å². The number of hydrogen-bond donors (Lipinski definition) is 0. The second-order valence-electron chi connectivity index (χ2n) is 7.66. The van der Waals surface area contributed by atoms with E-state index >= 15 is 0 Å². The van der Waals surface area contributed by atoms with E-state index in [4.69, 9.17) is 0 Å². The molecule has 1 amide bonds. The second kappa shape index (κ2) is 8.94. The molecule has 0 spiro atoms. The predicted molar refractivity (Wildman–Crippen MR) is 125 cm³/mol. The summed E-state index contributed by atoms with van der Waals surface area (Å²) in [5.74, 6) is -0.228. The molecule has 7 heteroatoms. The summed E-state index contributed by atoms with van der Waals surface area (Å²) in [6.45, 7) is 1.87. The van der Waals surface area contributed by atoms with Gasteiger partial charge in [-0.05, 0) is 54.8 Å². The van der Waals surface area contributed by atoms with Crippen molar-refractivity contribution in [3.8, 4) is 0 Å². The number of amides is 1. The first-order chi connectivity index (χ1) is 14.9. The minimum atomic E-state index is -3.85. The maximum absolute atomic E-state index is 13.4. The zero-order valence-electron chi connectivity index (χ0n) is 17.1. The van der Waals surface area contributed by atoms with Gasteiger partial charge in [0, 0.05) is 22.7 Å². The van der Waals surface area contributed by atoms with Crippen molar-refractivity contribution in [1.29, 1.82) is 0 Å². The molecule has 0 radical (unpaired) electrons. The molecule has 3 aromatic rings. The topological polar surface area (TPSA) is 57.7 Å². The number of carbonyl (C=O) groups is 1. The third kappa shape index (κ3) is 4.59. The molecule has 0 fully saturated rings. The van der Waals surface area contributed by atoms with Crippen molar-refractivity contribution in [3.63, 3.8) is 0 Å². The Morgan fingerprint density at radius 3 is 2.35 bits per heavy atom. The molecule has 160 valence electrons. The first-order valence-electron chi connectivity index (χ1n) is 10.1. The zero-order valence-corrected chi connectivity index (χ0v) is 19.5. The largest absolute Gasteiger partial charge is 0.308 e. The quantitative estimate of drug-likeness (QED) is 0.498. The summed E-state index contributed by atoms with van der Waals surface area (Å²) in [5.41, 5.74) is 2.78. The van der Waals surface area contributed by atoms with Gasteiger partial charge in [-0.1, -0.05) is 64.5 Å². The highest BCUT2D eigenvalue weighted by Crippen LogP contribution is 2.32. The van der Waals surface area contributed by atoms with E-state index in [1.54, 1.807) is 35.2 Å². The molecule has 0 bridgehead atoms. The smallest absolute Gasteiger partial charge is 0.243 e. The molecule has 0 saturated heterocycles. The lowest BCUT2D eigenvalue weighted by Crippen LogP contribution is -2.44. The van der Waals surface area contributed by atoms with Crippen LogP contribution in [0.15, 0.2) is 88.2 Å². The minimum absolute atomic E-state index is 0.0149. The lowest BCUT2D eigenvalue weighted by molar-refractivity contribution is -0.119. The van der Waals surface area contributed by atoms with Gasteiger partial charge in [-0.3, -0.25) is 4.79 Å². The van der Waals surface area contributed by atoms with E-state index in [1.807, 2.05) is 55.5 Å². The monoisotopic (exact) mass is 498 g/mol. The molecule has 1 heterocycles. The number of fused-ring (bicyclic) bond motifs is 1. The first-order valence-corrected chi connectivity index (χ1v) is 12.3. The van der Waals surface area contributed by atoms with Crippen LogP contribution < -0.4 is 4.90 Å². The van der Waals surface area contributed by atoms with Gasteiger partial charge in [0.05, 0.1) is 11.4 Å². The summed E-state index contributed by atoms with van der Waals surface area (Å²) < 4.78 is 29.0. The lowest BCUT2D eigenvalue weighted by atomic mass is 10.1. The van der Waals surface area contributed by atoms with Gasteiger partial charge in [0.15, 0.2) is 0 Å². The van der Waals surface area contributed by atoms with Crippen molar-refractivity contribution in [2.45, 2.75) is 30.8 Å². The van der Waals surface area contributed by atoms with Crippen LogP contribution in [0, 0.1) is 0 Å². The van der Waals surface area contributed by atoms with Gasteiger partial charge >= 0.3 is 0 Å². The molecule has 1 aliphatic heterocycles. The van der Waals surface area contributed by atoms with Crippen LogP contribution in [0.4, 0.5) is 5.69 Å². The Hall–Kier alpha value is -2.48. The van der Waals surface area contributed by atoms with Gasteiger partial charge in [-0.2, -0.15) is 4.31 Å². The van der Waals surface area contributed by atoms with Crippen molar-refractivity contribution in [2.75, 3.05) is 11.4 Å². The van der Waals surface area contributed by atoms with E-state index in [0.29, 0.717) is 0 Å². The molecule has 5 nitrogen and oxygen atoms in total. The van der Waals surface area contributed by atoms with E-state index in [9.17, 15) is 13.2 Å². The normalized spacial score (nSPS) is 15.8. The van der Waals surface area contributed by atoms with E-state index < -0.39 is 10.0 Å². The highest BCUT2D eigenvalue weighted by Gasteiger charge is 2.34. The van der Waals surface area contributed by atoms with Gasteiger partial charge in [0.1, 0.15) is 0 Å². The molecule has 0 aromatic heterocycles. The number of hydrogen-bond acceptors (Lipinski definition) is 3. The van der Waals surface area contributed by atoms with Gasteiger partial charge in [-0.15, -0.1) is 0 Å². The average Bonchev–Trinajstić information content (AvgIpc) is 3.11. The number of sulfonamides is 1. The Balaban J connectivity index is 1.66. The Labute approximate surface area is 191 Å². The number of rotatable bonds is 6. The van der Waals surface area contributed by atoms with Gasteiger partial charge in [-0.25, -0.2) is 8.42 Å². The molecule has 0 unspecified atom stereocenters. The van der Waals surface area contributed by atoms with Crippen molar-refractivity contribution in [2.24, 2.45) is 0 Å². The molecule has 0 aliphatic carbocycles. The molecular weight excluding hydrogens is 476 g/mol. The minimum Gasteiger partial charge on any atom is -0.308 e. The van der Waals surface area contributed by atoms with Gasteiger partial charge in [0.25, 0.3) is 0 Å². The summed E-state index contributed by atoms with van der Waals surface area (Å²) in [6, 6.07) is 23.5. The molecule has 31 heavy (non-hydrogen) atoms. The summed E-state index contributed by atoms with van der Waals surface area (Å²) in [4.78, 5) is 15.3. The molecule has 0 saturated carbocycles. The van der Waals surface area contributed by atoms with Crippen LogP contribution in [0.5, 0.6) is 0 Å². The Morgan fingerprint density at radius 2 is 1.65 bits per heavy atom. The van der Waals surface area contributed by atoms with Gasteiger partial charge in [0.2, 0.25) is 15.9 Å². The van der Waals surface area contributed by atoms with Crippen molar-refractivity contribution >= 4 is 37.5 Å². The third-order valence-corrected chi connectivity index (χ3v) is 7.78. The summed E-state index contributed by atoms with van der Waals surface area (Å²) in [6.07, 6.45) is 0.764. The molecule has 1 atom stereocenters. The van der Waals surface area contributed by atoms with E-state index in [-0.39, 0.29) is 29.9 Å². The molecule has 0 N–H and O–H groups in total. The van der Waals surface area contributed by atoms with Crippen LogP contribution in [0.25, 0.3) is 0 Å². The number of benzene rings is 3. The van der Waals surface area contributed by atoms with Crippen LogP contribution in [0.3, 0.4) is 0 Å². The number of halogens is 1. The second-order valence-corrected chi connectivity index (χ2v) is 10.5. The summed E-state index contributed by atoms with van der Waals surface area (Å²) >= 11 is 3.40. The molecular formula is C24H23BrN2O3S. The molecule has 1 aliphatic rings. The number of para-hydroxylation sites is 1. The first kappa shape index (κ1) is 21.7. The predicted octanol–water partition coefficient (Wildman–Crippen LogP) is 4.62. The highest BCUT2D eigenvalue weighted by atomic mass is 79.9. The highest BCUT2D eigenvalue weighted by molar-refractivity contribution is 9.10. The SMILES string of the molecule is C[C@@H]1Cc2ccccc2N1C(=O)CN(Cc1ccc(Br)cc1)S(=O)(=O)c1ccccc1. The molecule has 3 aromatic carbocycles. The standard InChI is InChI=1S/C24H23BrN2O3S/c1-18-15-20-7-5-6-10-23(20)27(18)24(28)17-26(16-19-11-13-21(25)14-12-19)31(29,30)22-8-3-2-4-9-22/h2-14,18H,15-17H2,1H3/t18-/m1/s1. The van der Waals surface area contributed by atoms with E-state index in [2.05, 4.69) is 15.9 Å². The Morgan fingerprint density at radius 1 is 1.00 bits per heavy atom. The average molecular weight is 499 g/mol. The third-order valence-electron chi connectivity index (χ3n) is 5.44. The lowest BCUT2D eigenvalue weighted by Gasteiger charge is -2.27. The van der Waals surface area contributed by atoms with Crippen LogP contribution in [-0.2, 0) is 27.8 Å². The van der Waals surface area contributed by atoms with Crippen LogP contribution in [0.2, 0.25) is 0 Å². The maximum Gasteiger partial charge on any atom is 0.243 e. The van der Waals surface area contributed by atoms with Crippen LogP contribution in [-0.4, -0.2) is 31.2 Å². The van der Waals surface area contributed by atoms with Crippen molar-refractivity contribution in [3.05, 3.63) is 94.5 Å². The summed E-state index contributed by atoms with van der Waals surface area (Å²) in [5, 5.41) is 0. The maximum atomic E-state index is 13.4. The Kier molecular flexibility index (Phi) is 6.27. The van der Waals surface area contributed by atoms with Crippen LogP contribution >= 0.6 is 15.9 Å².